The maximum Gasteiger partial charge on any atom is 0.413 e. The number of rotatable bonds is 5. The van der Waals surface area contributed by atoms with Gasteiger partial charge in [0.2, 0.25) is 0 Å². The molecular formula is C32H35Cl2N7O5. The Morgan fingerprint density at radius 2 is 1.72 bits per heavy atom. The van der Waals surface area contributed by atoms with Crippen molar-refractivity contribution >= 4 is 58.1 Å². The van der Waals surface area contributed by atoms with Gasteiger partial charge in [-0.3, -0.25) is 5.32 Å². The van der Waals surface area contributed by atoms with Crippen molar-refractivity contribution in [3.05, 3.63) is 68.6 Å². The van der Waals surface area contributed by atoms with Crippen LogP contribution in [0.3, 0.4) is 0 Å². The average Bonchev–Trinajstić information content (AvgIpc) is 2.97. The van der Waals surface area contributed by atoms with Gasteiger partial charge >= 0.3 is 17.9 Å². The van der Waals surface area contributed by atoms with Crippen LogP contribution in [0.2, 0.25) is 10.0 Å². The molecule has 0 spiro atoms. The molecule has 1 fully saturated rings. The third-order valence-electron chi connectivity index (χ3n) is 7.47. The number of benzene rings is 1. The van der Waals surface area contributed by atoms with Crippen LogP contribution >= 0.6 is 23.2 Å². The third kappa shape index (κ3) is 6.73. The first-order chi connectivity index (χ1) is 21.6. The summed E-state index contributed by atoms with van der Waals surface area (Å²) in [6.07, 6.45) is -1.70. The highest BCUT2D eigenvalue weighted by Gasteiger charge is 2.31. The van der Waals surface area contributed by atoms with Crippen LogP contribution in [0, 0.1) is 0 Å². The minimum absolute atomic E-state index is 0.0698. The maximum atomic E-state index is 14.0. The van der Waals surface area contributed by atoms with Crippen LogP contribution in [-0.4, -0.2) is 73.0 Å². The summed E-state index contributed by atoms with van der Waals surface area (Å²) in [4.78, 5) is 55.3. The molecule has 0 aliphatic carbocycles. The van der Waals surface area contributed by atoms with Gasteiger partial charge in [-0.15, -0.1) is 0 Å². The van der Waals surface area contributed by atoms with Crippen LogP contribution < -0.4 is 15.9 Å². The minimum Gasteiger partial charge on any atom is -0.465 e. The fourth-order valence-electron chi connectivity index (χ4n) is 5.42. The molecule has 5 rings (SSSR count). The summed E-state index contributed by atoms with van der Waals surface area (Å²) in [6, 6.07) is 12.0. The number of carbonyl (C=O) groups excluding carboxylic acids is 1. The fourth-order valence-corrected chi connectivity index (χ4v) is 5.85. The largest absolute Gasteiger partial charge is 0.465 e. The molecule has 3 aromatic heterocycles. The first kappa shape index (κ1) is 33.0. The van der Waals surface area contributed by atoms with Gasteiger partial charge in [0.05, 0.1) is 21.1 Å². The van der Waals surface area contributed by atoms with Gasteiger partial charge in [0.25, 0.3) is 0 Å². The van der Waals surface area contributed by atoms with E-state index in [-0.39, 0.29) is 57.9 Å². The van der Waals surface area contributed by atoms with Crippen molar-refractivity contribution in [1.29, 1.82) is 0 Å². The maximum absolute atomic E-state index is 14.0. The molecule has 1 aliphatic heterocycles. The number of para-hydroxylation sites is 1. The summed E-state index contributed by atoms with van der Waals surface area (Å²) in [6.45, 7) is 12.0. The number of amides is 2. The lowest BCUT2D eigenvalue weighted by Gasteiger charge is -2.39. The van der Waals surface area contributed by atoms with E-state index in [0.717, 1.165) is 5.56 Å². The number of carbonyl (C=O) groups is 2. The van der Waals surface area contributed by atoms with Crippen molar-refractivity contribution in [2.75, 3.05) is 29.9 Å². The number of halogens is 2. The first-order valence-corrected chi connectivity index (χ1v) is 15.5. The molecule has 4 aromatic rings. The molecule has 12 nitrogen and oxygen atoms in total. The Morgan fingerprint density at radius 1 is 1.02 bits per heavy atom. The number of hydrogen-bond donors (Lipinski definition) is 2. The number of fused-ring (bicyclic) bond motifs is 1. The number of nitrogens with zero attached hydrogens (tertiary/aromatic N) is 6. The molecule has 46 heavy (non-hydrogen) atoms. The van der Waals surface area contributed by atoms with E-state index in [0.29, 0.717) is 23.4 Å². The van der Waals surface area contributed by atoms with Crippen molar-refractivity contribution in [2.45, 2.75) is 59.1 Å². The number of nitrogens with one attached hydrogen (secondary N) is 1. The second-order valence-corrected chi connectivity index (χ2v) is 13.2. The molecule has 4 heterocycles. The van der Waals surface area contributed by atoms with Crippen LogP contribution in [0.15, 0.2) is 47.3 Å². The van der Waals surface area contributed by atoms with Crippen LogP contribution in [0.1, 0.15) is 53.0 Å². The number of pyridine rings is 2. The Bertz CT molecular complexity index is 1890. The Balaban J connectivity index is 1.73. The molecule has 1 saturated heterocycles. The van der Waals surface area contributed by atoms with E-state index in [1.54, 1.807) is 32.9 Å². The number of anilines is 2. The van der Waals surface area contributed by atoms with Gasteiger partial charge in [-0.25, -0.2) is 28.9 Å². The molecule has 2 N–H and O–H groups in total. The number of piperazine rings is 1. The summed E-state index contributed by atoms with van der Waals surface area (Å²) < 4.78 is 6.80. The van der Waals surface area contributed by atoms with Gasteiger partial charge in [-0.05, 0) is 63.4 Å². The first-order valence-electron chi connectivity index (χ1n) is 14.8. The van der Waals surface area contributed by atoms with Gasteiger partial charge < -0.3 is 19.6 Å². The van der Waals surface area contributed by atoms with Gasteiger partial charge in [-0.1, -0.05) is 55.2 Å². The van der Waals surface area contributed by atoms with Crippen molar-refractivity contribution in [3.63, 3.8) is 0 Å². The van der Waals surface area contributed by atoms with E-state index >= 15 is 0 Å². The highest BCUT2D eigenvalue weighted by molar-refractivity contribution is 6.36. The summed E-state index contributed by atoms with van der Waals surface area (Å²) in [5, 5.41) is 13.0. The van der Waals surface area contributed by atoms with Gasteiger partial charge in [0.15, 0.2) is 5.65 Å². The van der Waals surface area contributed by atoms with Crippen molar-refractivity contribution < 1.29 is 19.4 Å². The zero-order valence-corrected chi connectivity index (χ0v) is 27.8. The fraction of sp³-hybridized carbons (Fsp3) is 0.375. The third-order valence-corrected chi connectivity index (χ3v) is 8.06. The molecule has 1 atom stereocenters. The second-order valence-electron chi connectivity index (χ2n) is 12.4. The smallest absolute Gasteiger partial charge is 0.413 e. The van der Waals surface area contributed by atoms with Crippen LogP contribution in [0.5, 0.6) is 0 Å². The number of hydrogen-bond acceptors (Lipinski definition) is 8. The molecule has 0 radical (unpaired) electrons. The van der Waals surface area contributed by atoms with E-state index in [9.17, 15) is 19.5 Å². The monoisotopic (exact) mass is 667 g/mol. The molecule has 0 bridgehead atoms. The van der Waals surface area contributed by atoms with E-state index in [2.05, 4.69) is 15.3 Å². The SMILES string of the molecule is CC(C)c1ccccc1-n1c(=O)nc(N2CCN(C(=O)O)CC2C)c2cc(Cl)c(-c3nc(NC(=O)OC(C)(C)C)ccc3Cl)nc21. The molecule has 1 aliphatic rings. The number of carboxylic acid groups (broad SMARTS) is 1. The Hall–Kier alpha value is -4.42. The summed E-state index contributed by atoms with van der Waals surface area (Å²) >= 11 is 13.5. The Labute approximate surface area is 275 Å². The average molecular weight is 669 g/mol. The molecule has 2 amide bonds. The van der Waals surface area contributed by atoms with E-state index < -0.39 is 23.5 Å². The predicted molar refractivity (Wildman–Crippen MR) is 179 cm³/mol. The highest BCUT2D eigenvalue weighted by atomic mass is 35.5. The molecule has 1 aromatic carbocycles. The standard InChI is InChI=1S/C32H35Cl2N7O5/c1-17(2)19-9-7-8-10-23(19)41-28-20(27(38-29(41)42)40-14-13-39(31(44)45)16-18(40)3)15-22(34)26(37-28)25-21(33)11-12-24(35-25)36-30(43)46-32(4,5)6/h7-12,15,17-18H,13-14,16H2,1-6H3,(H,44,45)(H,35,36,43). The van der Waals surface area contributed by atoms with Crippen LogP contribution in [0.4, 0.5) is 21.2 Å². The highest BCUT2D eigenvalue weighted by Crippen LogP contribution is 2.37. The normalized spacial score (nSPS) is 15.4. The molecule has 14 heteroatoms. The molecule has 1 unspecified atom stereocenters. The van der Waals surface area contributed by atoms with Crippen molar-refractivity contribution in [1.82, 2.24) is 24.4 Å². The minimum atomic E-state index is -1.01. The summed E-state index contributed by atoms with van der Waals surface area (Å²) in [7, 11) is 0. The van der Waals surface area contributed by atoms with Crippen LogP contribution in [0.25, 0.3) is 28.1 Å². The van der Waals surface area contributed by atoms with Crippen molar-refractivity contribution in [3.8, 4) is 17.1 Å². The molecular weight excluding hydrogens is 633 g/mol. The van der Waals surface area contributed by atoms with Gasteiger partial charge in [0.1, 0.15) is 28.6 Å². The number of aromatic nitrogens is 4. The number of ether oxygens (including phenoxy) is 1. The topological polar surface area (TPSA) is 143 Å². The van der Waals surface area contributed by atoms with Crippen molar-refractivity contribution in [2.24, 2.45) is 0 Å². The lowest BCUT2D eigenvalue weighted by atomic mass is 10.0. The Morgan fingerprint density at radius 3 is 2.37 bits per heavy atom. The Kier molecular flexibility index (Phi) is 9.14. The molecule has 242 valence electrons. The zero-order valence-electron chi connectivity index (χ0n) is 26.3. The quantitative estimate of drug-likeness (QED) is 0.235. The van der Waals surface area contributed by atoms with E-state index in [4.69, 9.17) is 32.9 Å². The predicted octanol–water partition coefficient (Wildman–Crippen LogP) is 6.81. The lowest BCUT2D eigenvalue weighted by molar-refractivity contribution is 0.0635. The summed E-state index contributed by atoms with van der Waals surface area (Å²) in [5.74, 6) is 0.575. The van der Waals surface area contributed by atoms with Gasteiger partial charge in [0, 0.05) is 25.7 Å². The summed E-state index contributed by atoms with van der Waals surface area (Å²) in [5.41, 5.74) is 0.852. The lowest BCUT2D eigenvalue weighted by Crippen LogP contribution is -2.54. The molecule has 0 saturated carbocycles. The van der Waals surface area contributed by atoms with Crippen LogP contribution in [-0.2, 0) is 4.74 Å². The zero-order chi connectivity index (χ0) is 33.5. The van der Waals surface area contributed by atoms with E-state index in [1.807, 2.05) is 49.9 Å². The van der Waals surface area contributed by atoms with E-state index in [1.165, 1.54) is 15.5 Å². The van der Waals surface area contributed by atoms with Gasteiger partial charge in [-0.2, -0.15) is 4.98 Å². The second kappa shape index (κ2) is 12.8.